The largest absolute Gasteiger partial charge is 0.433 e. The van der Waals surface area contributed by atoms with E-state index in [9.17, 15) is 26.0 Å². The van der Waals surface area contributed by atoms with Gasteiger partial charge in [-0.2, -0.15) is 22.6 Å². The first-order valence-corrected chi connectivity index (χ1v) is 14.3. The molecule has 1 aliphatic heterocycles. The van der Waals surface area contributed by atoms with E-state index in [1.54, 1.807) is 23.0 Å². The van der Waals surface area contributed by atoms with Crippen molar-refractivity contribution in [2.24, 2.45) is 5.92 Å². The second kappa shape index (κ2) is 10.6. The van der Waals surface area contributed by atoms with Crippen LogP contribution in [0.2, 0.25) is 0 Å². The average Bonchev–Trinajstić information content (AvgIpc) is 3.30. The molecule has 0 unspecified atom stereocenters. The van der Waals surface area contributed by atoms with Crippen molar-refractivity contribution in [3.63, 3.8) is 0 Å². The van der Waals surface area contributed by atoms with Gasteiger partial charge < -0.3 is 0 Å². The maximum atomic E-state index is 13.5. The Kier molecular flexibility index (Phi) is 7.45. The smallest absolute Gasteiger partial charge is 0.293 e. The number of benzene rings is 2. The molecule has 3 heterocycles. The van der Waals surface area contributed by atoms with Crippen LogP contribution in [0, 0.1) is 18.7 Å². The molecule has 5 rings (SSSR count). The maximum Gasteiger partial charge on any atom is 0.433 e. The van der Waals surface area contributed by atoms with Crippen LogP contribution in [-0.2, 0) is 16.2 Å². The van der Waals surface area contributed by atoms with Crippen molar-refractivity contribution in [2.75, 3.05) is 26.2 Å². The molecule has 4 aromatic rings. The Morgan fingerprint density at radius 2 is 1.75 bits per heavy atom. The first kappa shape index (κ1) is 28.2. The third-order valence-electron chi connectivity index (χ3n) is 7.10. The summed E-state index contributed by atoms with van der Waals surface area (Å²) in [6, 6.07) is 11.4. The minimum atomic E-state index is -4.66. The highest BCUT2D eigenvalue weighted by Gasteiger charge is 2.37. The molecule has 0 aliphatic carbocycles. The lowest BCUT2D eigenvalue weighted by molar-refractivity contribution is -0.141. The molecule has 7 nitrogen and oxygen atoms in total. The zero-order chi connectivity index (χ0) is 28.8. The SMILES string of the molecule is Cc1cc2c(cnn2-c2ccc(F)cc2)cc1[C@@H]1CN(S(=O)(=O)c2ccc(C(F)(F)F)nc2)CCN1CC(C)C. The van der Waals surface area contributed by atoms with Crippen molar-refractivity contribution >= 4 is 20.9 Å². The van der Waals surface area contributed by atoms with Crippen molar-refractivity contribution < 1.29 is 26.0 Å². The fourth-order valence-electron chi connectivity index (χ4n) is 5.19. The van der Waals surface area contributed by atoms with Gasteiger partial charge >= 0.3 is 6.18 Å². The molecule has 0 bridgehead atoms. The summed E-state index contributed by atoms with van der Waals surface area (Å²) >= 11 is 0. The molecule has 2 aromatic heterocycles. The molecular formula is C28H29F4N5O2S. The lowest BCUT2D eigenvalue weighted by atomic mass is 9.96. The van der Waals surface area contributed by atoms with E-state index in [4.69, 9.17) is 0 Å². The molecule has 212 valence electrons. The van der Waals surface area contributed by atoms with E-state index >= 15 is 0 Å². The monoisotopic (exact) mass is 575 g/mol. The van der Waals surface area contributed by atoms with Gasteiger partial charge in [-0.3, -0.25) is 9.88 Å². The number of aryl methyl sites for hydroxylation is 1. The first-order chi connectivity index (χ1) is 18.8. The van der Waals surface area contributed by atoms with E-state index in [0.717, 1.165) is 40.8 Å². The number of aromatic nitrogens is 3. The Labute approximate surface area is 230 Å². The van der Waals surface area contributed by atoms with Crippen LogP contribution in [0.4, 0.5) is 17.6 Å². The van der Waals surface area contributed by atoms with Crippen LogP contribution in [0.15, 0.2) is 65.8 Å². The van der Waals surface area contributed by atoms with Crippen LogP contribution in [0.3, 0.4) is 0 Å². The Balaban J connectivity index is 1.50. The number of nitrogens with zero attached hydrogens (tertiary/aromatic N) is 5. The van der Waals surface area contributed by atoms with Crippen molar-refractivity contribution in [1.82, 2.24) is 24.0 Å². The molecule has 0 amide bonds. The molecular weight excluding hydrogens is 546 g/mol. The van der Waals surface area contributed by atoms with Gasteiger partial charge in [0.2, 0.25) is 10.0 Å². The predicted molar refractivity (Wildman–Crippen MR) is 143 cm³/mol. The number of sulfonamides is 1. The van der Waals surface area contributed by atoms with E-state index < -0.39 is 21.9 Å². The molecule has 1 saturated heterocycles. The van der Waals surface area contributed by atoms with Gasteiger partial charge in [0.15, 0.2) is 0 Å². The minimum absolute atomic E-state index is 0.133. The van der Waals surface area contributed by atoms with Crippen LogP contribution in [0.1, 0.15) is 36.7 Å². The van der Waals surface area contributed by atoms with Gasteiger partial charge in [0, 0.05) is 43.8 Å². The quantitative estimate of drug-likeness (QED) is 0.281. The van der Waals surface area contributed by atoms with Gasteiger partial charge in [0.1, 0.15) is 16.4 Å². The van der Waals surface area contributed by atoms with Crippen LogP contribution in [0.25, 0.3) is 16.6 Å². The van der Waals surface area contributed by atoms with E-state index in [1.165, 1.54) is 16.4 Å². The summed E-state index contributed by atoms with van der Waals surface area (Å²) in [6.07, 6.45) is -2.16. The summed E-state index contributed by atoms with van der Waals surface area (Å²) in [5.41, 5.74) is 2.28. The fourth-order valence-corrected chi connectivity index (χ4v) is 6.57. The third-order valence-corrected chi connectivity index (χ3v) is 8.95. The highest BCUT2D eigenvalue weighted by molar-refractivity contribution is 7.89. The summed E-state index contributed by atoms with van der Waals surface area (Å²) in [5.74, 6) is -0.0113. The van der Waals surface area contributed by atoms with Gasteiger partial charge in [0.25, 0.3) is 0 Å². The van der Waals surface area contributed by atoms with E-state index in [0.29, 0.717) is 24.2 Å². The molecule has 0 radical (unpaired) electrons. The van der Waals surface area contributed by atoms with Crippen molar-refractivity contribution in [3.05, 3.63) is 83.6 Å². The zero-order valence-electron chi connectivity index (χ0n) is 22.2. The molecule has 40 heavy (non-hydrogen) atoms. The van der Waals surface area contributed by atoms with Gasteiger partial charge in [-0.05, 0) is 72.5 Å². The minimum Gasteiger partial charge on any atom is -0.293 e. The molecule has 2 aromatic carbocycles. The van der Waals surface area contributed by atoms with Crippen LogP contribution in [0.5, 0.6) is 0 Å². The number of hydrogen-bond acceptors (Lipinski definition) is 5. The van der Waals surface area contributed by atoms with E-state index in [1.807, 2.05) is 19.1 Å². The second-order valence-electron chi connectivity index (χ2n) is 10.4. The number of piperazine rings is 1. The number of halogens is 4. The standard InChI is InChI=1S/C28H29F4N5O2S/c1-18(2)16-35-10-11-36(40(38,39)23-8-9-27(33-15-23)28(30,31)32)17-26(35)24-13-20-14-34-37(25(20)12-19(24)3)22-6-4-21(29)5-7-22/h4-9,12-15,18,26H,10-11,16-17H2,1-3H3/t26-/m0/s1. The number of alkyl halides is 3. The van der Waals surface area contributed by atoms with Gasteiger partial charge in [0.05, 0.1) is 17.4 Å². The topological polar surface area (TPSA) is 71.3 Å². The van der Waals surface area contributed by atoms with Crippen molar-refractivity contribution in [1.29, 1.82) is 0 Å². The molecule has 1 fully saturated rings. The van der Waals surface area contributed by atoms with Crippen molar-refractivity contribution in [3.8, 4) is 5.69 Å². The van der Waals surface area contributed by atoms with E-state index in [2.05, 4.69) is 28.8 Å². The summed E-state index contributed by atoms with van der Waals surface area (Å²) in [4.78, 5) is 5.33. The lowest BCUT2D eigenvalue weighted by Crippen LogP contribution is -2.51. The maximum absolute atomic E-state index is 13.5. The van der Waals surface area contributed by atoms with E-state index in [-0.39, 0.29) is 29.8 Å². The first-order valence-electron chi connectivity index (χ1n) is 12.9. The number of rotatable bonds is 6. The van der Waals surface area contributed by atoms with Crippen LogP contribution >= 0.6 is 0 Å². The zero-order valence-corrected chi connectivity index (χ0v) is 23.0. The summed E-state index contributed by atoms with van der Waals surface area (Å²) < 4.78 is 82.4. The molecule has 1 atom stereocenters. The third kappa shape index (κ3) is 5.48. The van der Waals surface area contributed by atoms with Gasteiger partial charge in [-0.15, -0.1) is 0 Å². The molecule has 0 N–H and O–H groups in total. The average molecular weight is 576 g/mol. The molecule has 1 aliphatic rings. The lowest BCUT2D eigenvalue weighted by Gasteiger charge is -2.42. The number of hydrogen-bond donors (Lipinski definition) is 0. The van der Waals surface area contributed by atoms with Crippen molar-refractivity contribution in [2.45, 2.75) is 37.9 Å². The highest BCUT2D eigenvalue weighted by Crippen LogP contribution is 2.34. The van der Waals surface area contributed by atoms with Gasteiger partial charge in [-0.25, -0.2) is 17.5 Å². The normalized spacial score (nSPS) is 17.6. The number of fused-ring (bicyclic) bond motifs is 1. The summed E-state index contributed by atoms with van der Waals surface area (Å²) in [5, 5.41) is 5.34. The Morgan fingerprint density at radius 1 is 1.02 bits per heavy atom. The van der Waals surface area contributed by atoms with Crippen LogP contribution < -0.4 is 0 Å². The Morgan fingerprint density at radius 3 is 2.38 bits per heavy atom. The summed E-state index contributed by atoms with van der Waals surface area (Å²) in [6.45, 7) is 7.69. The highest BCUT2D eigenvalue weighted by atomic mass is 32.2. The summed E-state index contributed by atoms with van der Waals surface area (Å²) in [7, 11) is -4.08. The van der Waals surface area contributed by atoms with Crippen LogP contribution in [-0.4, -0.2) is 58.6 Å². The molecule has 0 saturated carbocycles. The Bertz CT molecular complexity index is 1620. The van der Waals surface area contributed by atoms with Gasteiger partial charge in [-0.1, -0.05) is 13.8 Å². The fraction of sp³-hybridized carbons (Fsp3) is 0.357. The second-order valence-corrected chi connectivity index (χ2v) is 12.4. The number of pyridine rings is 1. The predicted octanol–water partition coefficient (Wildman–Crippen LogP) is 5.59. The molecule has 12 heteroatoms. The Hall–Kier alpha value is -3.35. The molecule has 0 spiro atoms.